The van der Waals surface area contributed by atoms with Crippen LogP contribution in [0.2, 0.25) is 0 Å². The fourth-order valence-electron chi connectivity index (χ4n) is 5.71. The quantitative estimate of drug-likeness (QED) is 0.693. The Kier molecular flexibility index (Phi) is 5.13. The second-order valence-electron chi connectivity index (χ2n) is 9.35. The molecular weight excluding hydrogens is 256 g/mol. The van der Waals surface area contributed by atoms with Gasteiger partial charge in [-0.05, 0) is 81.0 Å². The van der Waals surface area contributed by atoms with E-state index < -0.39 is 5.60 Å². The fraction of sp³-hybridized carbons (Fsp3) is 1.00. The van der Waals surface area contributed by atoms with E-state index in [2.05, 4.69) is 27.7 Å². The van der Waals surface area contributed by atoms with Crippen LogP contribution in [0.4, 0.5) is 0 Å². The number of fused-ring (bicyclic) bond motifs is 1. The van der Waals surface area contributed by atoms with Crippen molar-refractivity contribution in [3.05, 3.63) is 0 Å². The van der Waals surface area contributed by atoms with Gasteiger partial charge in [0.05, 0.1) is 5.60 Å². The lowest BCUT2D eigenvalue weighted by Gasteiger charge is -2.47. The molecule has 2 aliphatic rings. The monoisotopic (exact) mass is 294 g/mol. The van der Waals surface area contributed by atoms with Crippen molar-refractivity contribution in [3.8, 4) is 0 Å². The Labute approximate surface area is 132 Å². The highest BCUT2D eigenvalue weighted by molar-refractivity contribution is 5.01. The highest BCUT2D eigenvalue weighted by Gasteiger charge is 2.51. The average Bonchev–Trinajstić information content (AvgIpc) is 2.73. The summed E-state index contributed by atoms with van der Waals surface area (Å²) in [7, 11) is 0. The Morgan fingerprint density at radius 2 is 1.86 bits per heavy atom. The summed E-state index contributed by atoms with van der Waals surface area (Å²) < 4.78 is 0. The minimum Gasteiger partial charge on any atom is -0.390 e. The zero-order chi connectivity index (χ0) is 15.8. The lowest BCUT2D eigenvalue weighted by molar-refractivity contribution is 0.0170. The third-order valence-corrected chi connectivity index (χ3v) is 7.29. The lowest BCUT2D eigenvalue weighted by Crippen LogP contribution is -2.39. The molecule has 0 aromatic heterocycles. The van der Waals surface area contributed by atoms with Crippen LogP contribution >= 0.6 is 0 Å². The van der Waals surface area contributed by atoms with E-state index in [4.69, 9.17) is 0 Å². The molecular formula is C20H38O. The van der Waals surface area contributed by atoms with Crippen LogP contribution in [0.3, 0.4) is 0 Å². The molecule has 1 N–H and O–H groups in total. The van der Waals surface area contributed by atoms with Crippen molar-refractivity contribution in [2.45, 2.75) is 92.1 Å². The second-order valence-corrected chi connectivity index (χ2v) is 9.35. The molecule has 124 valence electrons. The first kappa shape index (κ1) is 17.3. The van der Waals surface area contributed by atoms with Gasteiger partial charge in [-0.2, -0.15) is 0 Å². The fourth-order valence-corrected chi connectivity index (χ4v) is 5.71. The molecule has 0 amide bonds. The predicted octanol–water partition coefficient (Wildman–Crippen LogP) is 5.66. The van der Waals surface area contributed by atoms with Crippen molar-refractivity contribution in [2.24, 2.45) is 35.0 Å². The first-order valence-electron chi connectivity index (χ1n) is 9.37. The smallest absolute Gasteiger partial charge is 0.0591 e. The van der Waals surface area contributed by atoms with Gasteiger partial charge in [0.25, 0.3) is 0 Å². The molecule has 21 heavy (non-hydrogen) atoms. The zero-order valence-corrected chi connectivity index (χ0v) is 15.3. The van der Waals surface area contributed by atoms with Crippen molar-refractivity contribution in [1.29, 1.82) is 0 Å². The third kappa shape index (κ3) is 3.66. The average molecular weight is 295 g/mol. The van der Waals surface area contributed by atoms with E-state index in [1.165, 1.54) is 32.1 Å². The van der Waals surface area contributed by atoms with Gasteiger partial charge in [0.15, 0.2) is 0 Å². The van der Waals surface area contributed by atoms with Crippen molar-refractivity contribution in [1.82, 2.24) is 0 Å². The van der Waals surface area contributed by atoms with Gasteiger partial charge < -0.3 is 5.11 Å². The van der Waals surface area contributed by atoms with Crippen molar-refractivity contribution in [2.75, 3.05) is 0 Å². The summed E-state index contributed by atoms with van der Waals surface area (Å²) in [5.74, 6) is 4.34. The summed E-state index contributed by atoms with van der Waals surface area (Å²) in [5.41, 5.74) is 0.0928. The third-order valence-electron chi connectivity index (χ3n) is 7.29. The summed E-state index contributed by atoms with van der Waals surface area (Å²) in [5, 5.41) is 9.99. The normalized spacial score (nSPS) is 39.9. The molecule has 2 saturated carbocycles. The number of hydrogen-bond acceptors (Lipinski definition) is 1. The van der Waals surface area contributed by atoms with E-state index in [9.17, 15) is 5.11 Å². The first-order valence-corrected chi connectivity index (χ1v) is 9.37. The lowest BCUT2D eigenvalue weighted by atomic mass is 9.58. The highest BCUT2D eigenvalue weighted by Crippen LogP contribution is 2.60. The minimum atomic E-state index is -0.505. The maximum Gasteiger partial charge on any atom is 0.0591 e. The van der Waals surface area contributed by atoms with Gasteiger partial charge in [0, 0.05) is 0 Å². The van der Waals surface area contributed by atoms with Gasteiger partial charge in [-0.1, -0.05) is 40.5 Å². The van der Waals surface area contributed by atoms with Crippen LogP contribution in [0.5, 0.6) is 0 Å². The van der Waals surface area contributed by atoms with Crippen molar-refractivity contribution in [3.63, 3.8) is 0 Å². The summed E-state index contributed by atoms with van der Waals surface area (Å²) in [6.07, 6.45) is 9.35. The molecule has 0 saturated heterocycles. The van der Waals surface area contributed by atoms with E-state index >= 15 is 0 Å². The van der Waals surface area contributed by atoms with Crippen LogP contribution in [-0.2, 0) is 0 Å². The van der Waals surface area contributed by atoms with Crippen LogP contribution in [0.15, 0.2) is 0 Å². The molecule has 2 aliphatic carbocycles. The highest BCUT2D eigenvalue weighted by atomic mass is 16.3. The van der Waals surface area contributed by atoms with Gasteiger partial charge in [-0.15, -0.1) is 0 Å². The topological polar surface area (TPSA) is 20.2 Å². The van der Waals surface area contributed by atoms with E-state index in [1.807, 2.05) is 13.8 Å². The summed E-state index contributed by atoms with van der Waals surface area (Å²) in [6, 6.07) is 0. The molecule has 2 rings (SSSR count). The molecule has 1 nitrogen and oxygen atoms in total. The molecule has 0 aliphatic heterocycles. The van der Waals surface area contributed by atoms with Crippen LogP contribution in [-0.4, -0.2) is 10.7 Å². The predicted molar refractivity (Wildman–Crippen MR) is 91.2 cm³/mol. The summed E-state index contributed by atoms with van der Waals surface area (Å²) >= 11 is 0. The van der Waals surface area contributed by atoms with Crippen LogP contribution in [0, 0.1) is 35.0 Å². The molecule has 2 unspecified atom stereocenters. The molecule has 6 atom stereocenters. The Bertz CT molecular complexity index is 342. The molecule has 0 heterocycles. The largest absolute Gasteiger partial charge is 0.390 e. The summed E-state index contributed by atoms with van der Waals surface area (Å²) in [4.78, 5) is 0. The van der Waals surface area contributed by atoms with Crippen molar-refractivity contribution < 1.29 is 5.11 Å². The molecule has 0 aromatic carbocycles. The maximum atomic E-state index is 9.99. The Morgan fingerprint density at radius 3 is 2.48 bits per heavy atom. The Hall–Kier alpha value is -0.0400. The first-order chi connectivity index (χ1) is 9.65. The minimum absolute atomic E-state index is 0.505. The van der Waals surface area contributed by atoms with Crippen LogP contribution in [0.25, 0.3) is 0 Å². The zero-order valence-electron chi connectivity index (χ0n) is 15.3. The molecule has 0 bridgehead atoms. The van der Waals surface area contributed by atoms with E-state index in [1.54, 1.807) is 0 Å². The van der Waals surface area contributed by atoms with Gasteiger partial charge in [-0.25, -0.2) is 0 Å². The second kappa shape index (κ2) is 6.22. The summed E-state index contributed by atoms with van der Waals surface area (Å²) in [6.45, 7) is 13.9. The number of rotatable bonds is 5. The Balaban J connectivity index is 2.00. The molecule has 0 aromatic rings. The van der Waals surface area contributed by atoms with Gasteiger partial charge in [0.2, 0.25) is 0 Å². The Morgan fingerprint density at radius 1 is 1.19 bits per heavy atom. The van der Waals surface area contributed by atoms with Gasteiger partial charge in [0.1, 0.15) is 0 Å². The van der Waals surface area contributed by atoms with Crippen LogP contribution in [0.1, 0.15) is 86.5 Å². The van der Waals surface area contributed by atoms with Crippen LogP contribution < -0.4 is 0 Å². The maximum absolute atomic E-state index is 9.99. The molecule has 0 radical (unpaired) electrons. The standard InChI is InChI=1S/C20H38O/c1-14(11-13-19(4,5)21)16(3)18-10-9-17-15(2)8-7-12-20(17,18)6/h14-18,21H,7-13H2,1-6H3/t14-,15+,16+,17?,18?,20+/m1/s1. The van der Waals surface area contributed by atoms with Gasteiger partial charge >= 0.3 is 0 Å². The molecule has 1 heteroatoms. The van der Waals surface area contributed by atoms with E-state index in [0.717, 1.165) is 42.4 Å². The van der Waals surface area contributed by atoms with E-state index in [-0.39, 0.29) is 0 Å². The molecule has 0 spiro atoms. The number of aliphatic hydroxyl groups is 1. The van der Waals surface area contributed by atoms with E-state index in [0.29, 0.717) is 5.41 Å². The van der Waals surface area contributed by atoms with Gasteiger partial charge in [-0.3, -0.25) is 0 Å². The van der Waals surface area contributed by atoms with Crippen molar-refractivity contribution >= 4 is 0 Å². The SMILES string of the molecule is C[C@H](CCC(C)(C)O)[C@H](C)C1CCC2[C@@H](C)CCC[C@]12C. The number of hydrogen-bond donors (Lipinski definition) is 1. The molecule has 2 fully saturated rings.